The van der Waals surface area contributed by atoms with E-state index in [1.807, 2.05) is 26.8 Å². The highest BCUT2D eigenvalue weighted by Gasteiger charge is 2.28. The zero-order valence-corrected chi connectivity index (χ0v) is 18.9. The summed E-state index contributed by atoms with van der Waals surface area (Å²) in [6.45, 7) is 5.80. The summed E-state index contributed by atoms with van der Waals surface area (Å²) >= 11 is 0. The molecule has 0 aromatic heterocycles. The first kappa shape index (κ1) is 25.3. The van der Waals surface area contributed by atoms with Crippen LogP contribution in [-0.2, 0) is 22.4 Å². The first-order valence-corrected chi connectivity index (χ1v) is 10.4. The van der Waals surface area contributed by atoms with Crippen LogP contribution in [0.4, 0.5) is 4.79 Å². The minimum absolute atomic E-state index is 0.116. The molecule has 0 aliphatic carbocycles. The van der Waals surface area contributed by atoms with Crippen LogP contribution in [0.2, 0.25) is 0 Å². The number of carbonyl (C=O) groups excluding carboxylic acids is 2. The topological polar surface area (TPSA) is 143 Å². The fraction of sp³-hybridized carbons (Fsp3) is 0.333. The minimum Gasteiger partial charge on any atom is -0.488 e. The van der Waals surface area contributed by atoms with Gasteiger partial charge in [-0.2, -0.15) is 0 Å². The predicted molar refractivity (Wildman–Crippen MR) is 122 cm³/mol. The average molecular weight is 454 g/mol. The predicted octanol–water partition coefficient (Wildman–Crippen LogP) is 2.65. The van der Waals surface area contributed by atoms with E-state index < -0.39 is 29.9 Å². The van der Waals surface area contributed by atoms with Crippen LogP contribution in [0.15, 0.2) is 54.6 Å². The molecule has 33 heavy (non-hydrogen) atoms. The Morgan fingerprint density at radius 3 is 2.09 bits per heavy atom. The third-order valence-electron chi connectivity index (χ3n) is 4.54. The average Bonchev–Trinajstić information content (AvgIpc) is 2.73. The molecule has 0 fully saturated rings. The second-order valence-electron chi connectivity index (χ2n) is 8.48. The Labute approximate surface area is 192 Å². The number of rotatable bonds is 10. The van der Waals surface area contributed by atoms with Crippen LogP contribution in [0.3, 0.4) is 0 Å². The number of nitrogens with one attached hydrogen (secondary N) is 3. The second-order valence-corrected chi connectivity index (χ2v) is 8.48. The Balaban J connectivity index is 2.18. The van der Waals surface area contributed by atoms with Crippen molar-refractivity contribution < 1.29 is 29.0 Å². The number of ether oxygens (including phenoxy) is 1. The van der Waals surface area contributed by atoms with Crippen molar-refractivity contribution in [1.82, 2.24) is 10.6 Å². The van der Waals surface area contributed by atoms with E-state index in [2.05, 4.69) is 15.4 Å². The van der Waals surface area contributed by atoms with E-state index in [1.165, 1.54) is 0 Å². The van der Waals surface area contributed by atoms with Crippen LogP contribution in [0, 0.1) is 5.53 Å². The summed E-state index contributed by atoms with van der Waals surface area (Å²) in [4.78, 5) is 39.6. The molecule has 2 amide bonds. The van der Waals surface area contributed by atoms with Gasteiger partial charge in [-0.25, -0.2) is 4.79 Å². The number of benzene rings is 2. The highest BCUT2D eigenvalue weighted by Crippen LogP contribution is 2.19. The van der Waals surface area contributed by atoms with E-state index >= 15 is 0 Å². The van der Waals surface area contributed by atoms with Crippen molar-refractivity contribution in [2.24, 2.45) is 0 Å². The lowest BCUT2D eigenvalue weighted by Crippen LogP contribution is -2.53. The molecule has 0 aliphatic heterocycles. The molecular weight excluding hydrogens is 424 g/mol. The fourth-order valence-electron chi connectivity index (χ4n) is 3.14. The SMILES string of the molecule is CC(C)(C)Oc1ccc(CC(NC(=O)C(Cc2ccccc2)NC(=O)O)C(=O)C=[N+]=N)cc1. The van der Waals surface area contributed by atoms with Gasteiger partial charge in [0.05, 0.1) is 10.3 Å². The quantitative estimate of drug-likeness (QED) is 0.248. The number of ketones is 1. The van der Waals surface area contributed by atoms with Crippen LogP contribution in [-0.4, -0.2) is 51.6 Å². The van der Waals surface area contributed by atoms with Crippen molar-refractivity contribution in [3.05, 3.63) is 65.7 Å². The molecule has 0 heterocycles. The molecule has 2 aromatic carbocycles. The van der Waals surface area contributed by atoms with Gasteiger partial charge in [0, 0.05) is 12.8 Å². The summed E-state index contributed by atoms with van der Waals surface area (Å²) in [7, 11) is 0. The molecule has 0 spiro atoms. The second kappa shape index (κ2) is 11.6. The summed E-state index contributed by atoms with van der Waals surface area (Å²) in [6.07, 6.45) is -0.280. The van der Waals surface area contributed by atoms with E-state index in [-0.39, 0.29) is 18.4 Å². The Kier molecular flexibility index (Phi) is 8.89. The Morgan fingerprint density at radius 2 is 1.55 bits per heavy atom. The number of carboxylic acid groups (broad SMARTS) is 1. The van der Waals surface area contributed by atoms with Crippen molar-refractivity contribution >= 4 is 24.0 Å². The number of carbonyl (C=O) groups is 3. The van der Waals surface area contributed by atoms with Crippen molar-refractivity contribution in [2.45, 2.75) is 51.3 Å². The van der Waals surface area contributed by atoms with Crippen molar-refractivity contribution in [1.29, 1.82) is 5.53 Å². The summed E-state index contributed by atoms with van der Waals surface area (Å²) in [5.74, 6) is -0.549. The number of hydrogen-bond acceptors (Lipinski definition) is 5. The molecule has 0 saturated heterocycles. The number of hydrogen-bond donors (Lipinski definition) is 4. The van der Waals surface area contributed by atoms with Crippen LogP contribution in [0.5, 0.6) is 5.75 Å². The lowest BCUT2D eigenvalue weighted by atomic mass is 10.0. The van der Waals surface area contributed by atoms with Crippen LogP contribution >= 0.6 is 0 Å². The van der Waals surface area contributed by atoms with Gasteiger partial charge in [0.15, 0.2) is 0 Å². The molecule has 2 aromatic rings. The van der Waals surface area contributed by atoms with Crippen molar-refractivity contribution in [2.75, 3.05) is 0 Å². The molecule has 0 radical (unpaired) electrons. The third-order valence-corrected chi connectivity index (χ3v) is 4.54. The van der Waals surface area contributed by atoms with E-state index in [0.717, 1.165) is 17.3 Å². The summed E-state index contributed by atoms with van der Waals surface area (Å²) in [6, 6.07) is 13.9. The van der Waals surface area contributed by atoms with Gasteiger partial charge < -0.3 is 20.5 Å². The number of Topliss-reactive ketones (excluding diaryl/α,β-unsaturated/α-hetero) is 1. The zero-order valence-electron chi connectivity index (χ0n) is 18.9. The van der Waals surface area contributed by atoms with E-state index in [4.69, 9.17) is 15.4 Å². The maximum Gasteiger partial charge on any atom is 0.405 e. The molecule has 9 heteroatoms. The monoisotopic (exact) mass is 453 g/mol. The smallest absolute Gasteiger partial charge is 0.405 e. The Bertz CT molecular complexity index is 1010. The molecule has 174 valence electrons. The highest BCUT2D eigenvalue weighted by molar-refractivity contribution is 6.28. The highest BCUT2D eigenvalue weighted by atomic mass is 16.5. The Hall–Kier alpha value is -3.97. The van der Waals surface area contributed by atoms with Crippen LogP contribution in [0.25, 0.3) is 0 Å². The molecule has 4 N–H and O–H groups in total. The van der Waals surface area contributed by atoms with Gasteiger partial charge in [0.1, 0.15) is 23.4 Å². The largest absolute Gasteiger partial charge is 0.488 e. The van der Waals surface area contributed by atoms with Gasteiger partial charge in [-0.05, 0) is 44.0 Å². The standard InChI is InChI=1S/C24H28N4O5/c1-24(2,3)33-18-11-9-17(10-12-18)13-19(21(29)15-26-25)27-22(30)20(28-23(31)32)14-16-7-5-4-6-8-16/h4-12,15,19-20,25,28H,13-14H2,1-3H3,(H-,27,30,31,32)/p+1. The molecule has 2 unspecified atom stereocenters. The van der Waals surface area contributed by atoms with Gasteiger partial charge in [0.2, 0.25) is 5.91 Å². The maximum atomic E-state index is 12.9. The fourth-order valence-corrected chi connectivity index (χ4v) is 3.14. The lowest BCUT2D eigenvalue weighted by Gasteiger charge is -2.22. The molecule has 0 saturated carbocycles. The maximum absolute atomic E-state index is 12.9. The van der Waals surface area contributed by atoms with E-state index in [1.54, 1.807) is 48.5 Å². The van der Waals surface area contributed by atoms with Gasteiger partial charge in [-0.15, -0.1) is 0 Å². The molecule has 2 atom stereocenters. The Morgan fingerprint density at radius 1 is 0.970 bits per heavy atom. The molecule has 9 nitrogen and oxygen atoms in total. The zero-order chi connectivity index (χ0) is 24.4. The summed E-state index contributed by atoms with van der Waals surface area (Å²) in [5.41, 5.74) is 8.11. The summed E-state index contributed by atoms with van der Waals surface area (Å²) in [5, 5.41) is 14.0. The lowest BCUT2D eigenvalue weighted by molar-refractivity contribution is -0.134. The normalized spacial score (nSPS) is 12.6. The minimum atomic E-state index is -1.35. The van der Waals surface area contributed by atoms with Gasteiger partial charge in [-0.3, -0.25) is 9.59 Å². The molecule has 2 rings (SSSR count). The molecule has 0 bridgehead atoms. The van der Waals surface area contributed by atoms with Crippen molar-refractivity contribution in [3.8, 4) is 5.75 Å². The third kappa shape index (κ3) is 8.96. The number of amides is 2. The van der Waals surface area contributed by atoms with Gasteiger partial charge in [0.25, 0.3) is 5.78 Å². The first-order chi connectivity index (χ1) is 15.6. The van der Waals surface area contributed by atoms with Crippen LogP contribution in [0.1, 0.15) is 31.9 Å². The molecular formula is C24H29N4O5+. The van der Waals surface area contributed by atoms with Gasteiger partial charge >= 0.3 is 12.3 Å². The van der Waals surface area contributed by atoms with E-state index in [0.29, 0.717) is 5.75 Å². The van der Waals surface area contributed by atoms with Crippen LogP contribution < -0.4 is 15.4 Å². The number of nitrogens with zero attached hydrogens (tertiary/aromatic N) is 1. The summed E-state index contributed by atoms with van der Waals surface area (Å²) < 4.78 is 5.79. The van der Waals surface area contributed by atoms with E-state index in [9.17, 15) is 14.4 Å². The van der Waals surface area contributed by atoms with Gasteiger partial charge in [-0.1, -0.05) is 42.5 Å². The first-order valence-electron chi connectivity index (χ1n) is 10.4. The molecule has 0 aliphatic rings. The van der Waals surface area contributed by atoms with Crippen molar-refractivity contribution in [3.63, 3.8) is 0 Å².